The first-order chi connectivity index (χ1) is 14.4. The smallest absolute Gasteiger partial charge is 0.411 e. The molecule has 1 aromatic carbocycles. The van der Waals surface area contributed by atoms with Gasteiger partial charge in [-0.25, -0.2) is 9.78 Å². The van der Waals surface area contributed by atoms with E-state index in [-0.39, 0.29) is 18.2 Å². The minimum atomic E-state index is -0.594. The van der Waals surface area contributed by atoms with Crippen molar-refractivity contribution in [3.05, 3.63) is 65.4 Å². The van der Waals surface area contributed by atoms with Crippen LogP contribution in [0.1, 0.15) is 56.3 Å². The topological polar surface area (TPSA) is 71.4 Å². The van der Waals surface area contributed by atoms with Crippen LogP contribution in [0, 0.1) is 0 Å². The Morgan fingerprint density at radius 1 is 1.40 bits per heavy atom. The minimum absolute atomic E-state index is 0.200. The van der Waals surface area contributed by atoms with E-state index in [0.717, 1.165) is 11.2 Å². The summed E-state index contributed by atoms with van der Waals surface area (Å²) in [6.07, 6.45) is 8.18. The van der Waals surface area contributed by atoms with E-state index in [1.54, 1.807) is 18.0 Å². The van der Waals surface area contributed by atoms with Gasteiger partial charge in [0.15, 0.2) is 6.39 Å². The zero-order chi connectivity index (χ0) is 21.3. The van der Waals surface area contributed by atoms with E-state index in [1.807, 2.05) is 49.5 Å². The number of H-pyrrole nitrogens is 1. The number of thioether (sulfide) groups is 1. The normalized spacial score (nSPS) is 19.4. The number of amides is 1. The van der Waals surface area contributed by atoms with Crippen molar-refractivity contribution in [3.63, 3.8) is 0 Å². The van der Waals surface area contributed by atoms with Crippen LogP contribution in [0.15, 0.2) is 52.8 Å². The van der Waals surface area contributed by atoms with Gasteiger partial charge >= 0.3 is 6.09 Å². The van der Waals surface area contributed by atoms with Crippen molar-refractivity contribution in [1.29, 1.82) is 0 Å². The highest BCUT2D eigenvalue weighted by Gasteiger charge is 2.42. The first-order valence-electron chi connectivity index (χ1n) is 10.1. The second-order valence-corrected chi connectivity index (χ2v) is 9.18. The predicted octanol–water partition coefficient (Wildman–Crippen LogP) is 6.00. The van der Waals surface area contributed by atoms with Gasteiger partial charge in [0, 0.05) is 23.0 Å². The predicted molar refractivity (Wildman–Crippen MR) is 119 cm³/mol. The molecule has 0 radical (unpaired) electrons. The average molecular weight is 426 g/mol. The molecule has 1 amide bonds. The molecule has 0 saturated heterocycles. The van der Waals surface area contributed by atoms with Crippen molar-refractivity contribution in [1.82, 2.24) is 14.9 Å². The second-order valence-electron chi connectivity index (χ2n) is 8.43. The maximum absolute atomic E-state index is 13.4. The number of oxazole rings is 1. The molecule has 4 rings (SSSR count). The summed E-state index contributed by atoms with van der Waals surface area (Å²) in [5, 5.41) is 3.23. The number of carbonyl (C=O) groups is 1. The van der Waals surface area contributed by atoms with Crippen LogP contribution in [0.4, 0.5) is 4.79 Å². The van der Waals surface area contributed by atoms with Crippen molar-refractivity contribution in [2.45, 2.75) is 51.3 Å². The number of para-hydroxylation sites is 1. The molecular formula is C23H27N3O3S. The molecule has 1 aliphatic rings. The molecular weight excluding hydrogens is 398 g/mol. The molecule has 6 nitrogen and oxygen atoms in total. The molecule has 30 heavy (non-hydrogen) atoms. The van der Waals surface area contributed by atoms with E-state index >= 15 is 0 Å². The fourth-order valence-electron chi connectivity index (χ4n) is 4.08. The van der Waals surface area contributed by atoms with Crippen LogP contribution < -0.4 is 0 Å². The molecule has 0 unspecified atom stereocenters. The Kier molecular flexibility index (Phi) is 5.64. The summed E-state index contributed by atoms with van der Waals surface area (Å²) in [6.45, 7) is 5.65. The number of nitrogens with one attached hydrogen (secondary N) is 1. The monoisotopic (exact) mass is 425 g/mol. The Morgan fingerprint density at radius 3 is 2.90 bits per heavy atom. The second kappa shape index (κ2) is 8.22. The molecule has 3 aromatic rings. The largest absolute Gasteiger partial charge is 0.446 e. The molecule has 3 heterocycles. The summed E-state index contributed by atoms with van der Waals surface area (Å²) in [7, 11) is 0. The average Bonchev–Trinajstić information content (AvgIpc) is 3.34. The summed E-state index contributed by atoms with van der Waals surface area (Å²) in [4.78, 5) is 22.9. The minimum Gasteiger partial charge on any atom is -0.446 e. The van der Waals surface area contributed by atoms with Gasteiger partial charge in [0.2, 0.25) is 0 Å². The lowest BCUT2D eigenvalue weighted by Crippen LogP contribution is -2.44. The van der Waals surface area contributed by atoms with Crippen LogP contribution in [0.2, 0.25) is 0 Å². The zero-order valence-electron chi connectivity index (χ0n) is 17.7. The van der Waals surface area contributed by atoms with Crippen LogP contribution in [-0.4, -0.2) is 32.8 Å². The third-order valence-electron chi connectivity index (χ3n) is 5.22. The molecule has 0 fully saturated rings. The van der Waals surface area contributed by atoms with Crippen molar-refractivity contribution >= 4 is 28.8 Å². The quantitative estimate of drug-likeness (QED) is 0.555. The number of hydrogen-bond donors (Lipinski definition) is 1. The maximum atomic E-state index is 13.4. The first-order valence-corrected chi connectivity index (χ1v) is 11.3. The third-order valence-corrected chi connectivity index (χ3v) is 5.69. The molecule has 7 heteroatoms. The van der Waals surface area contributed by atoms with Gasteiger partial charge in [0.1, 0.15) is 11.4 Å². The van der Waals surface area contributed by atoms with Crippen molar-refractivity contribution in [3.8, 4) is 0 Å². The van der Waals surface area contributed by atoms with E-state index in [4.69, 9.17) is 9.15 Å². The van der Waals surface area contributed by atoms with Crippen LogP contribution in [0.3, 0.4) is 0 Å². The number of nitrogens with zero attached hydrogens (tertiary/aromatic N) is 2. The van der Waals surface area contributed by atoms with E-state index in [1.165, 1.54) is 17.3 Å². The number of aromatic nitrogens is 2. The number of hydrogen-bond acceptors (Lipinski definition) is 5. The fourth-order valence-corrected chi connectivity index (χ4v) is 4.39. The van der Waals surface area contributed by atoms with Crippen LogP contribution in [0.5, 0.6) is 0 Å². The van der Waals surface area contributed by atoms with Crippen molar-refractivity contribution in [2.24, 2.45) is 0 Å². The lowest BCUT2D eigenvalue weighted by Gasteiger charge is -2.41. The summed E-state index contributed by atoms with van der Waals surface area (Å²) < 4.78 is 11.5. The maximum Gasteiger partial charge on any atom is 0.411 e. The van der Waals surface area contributed by atoms with Gasteiger partial charge in [0.05, 0.1) is 18.3 Å². The Hall–Kier alpha value is -2.67. The van der Waals surface area contributed by atoms with Gasteiger partial charge in [-0.15, -0.1) is 11.8 Å². The van der Waals surface area contributed by atoms with E-state index in [9.17, 15) is 4.79 Å². The Balaban J connectivity index is 1.85. The molecule has 0 spiro atoms. The Labute approximate surface area is 180 Å². The molecule has 1 aliphatic heterocycles. The van der Waals surface area contributed by atoms with Crippen LogP contribution in [-0.2, 0) is 11.2 Å². The van der Waals surface area contributed by atoms with E-state index in [2.05, 4.69) is 28.2 Å². The molecule has 0 bridgehead atoms. The number of benzene rings is 1. The summed E-state index contributed by atoms with van der Waals surface area (Å²) in [5.74, 6) is 0.663. The summed E-state index contributed by atoms with van der Waals surface area (Å²) >= 11 is 1.64. The van der Waals surface area contributed by atoms with Crippen molar-refractivity contribution < 1.29 is 13.9 Å². The van der Waals surface area contributed by atoms with Crippen molar-refractivity contribution in [2.75, 3.05) is 6.26 Å². The Morgan fingerprint density at radius 2 is 2.20 bits per heavy atom. The van der Waals surface area contributed by atoms with Crippen LogP contribution in [0.25, 0.3) is 10.9 Å². The Bertz CT molecular complexity index is 1050. The molecule has 2 atom stereocenters. The fraction of sp³-hybridized carbons (Fsp3) is 0.391. The standard InChI is InChI=1S/C23H27N3O3S/c1-23(2,3)29-22(27)26-18(10-7-11-30-4)21-16(12-19(26)20-13-24-14-28-20)15-8-5-6-9-17(15)25-21/h5-9,11,13-14,18-19,25H,10,12H2,1-4H3/b11-7-/t18-,19-/m0/s1. The summed E-state index contributed by atoms with van der Waals surface area (Å²) in [5.41, 5.74) is 2.75. The van der Waals surface area contributed by atoms with Gasteiger partial charge in [0.25, 0.3) is 0 Å². The molecule has 158 valence electrons. The number of ether oxygens (including phenoxy) is 1. The van der Waals surface area contributed by atoms with Gasteiger partial charge in [-0.3, -0.25) is 4.90 Å². The van der Waals surface area contributed by atoms with Gasteiger partial charge < -0.3 is 14.1 Å². The highest BCUT2D eigenvalue weighted by atomic mass is 32.2. The number of aromatic amines is 1. The SMILES string of the molecule is CS/C=C\C[C@H]1c2[nH]c3ccccc3c2C[C@@H](c2cnco2)N1C(=O)OC(C)(C)C. The number of fused-ring (bicyclic) bond motifs is 3. The zero-order valence-corrected chi connectivity index (χ0v) is 18.5. The number of rotatable bonds is 4. The van der Waals surface area contributed by atoms with E-state index in [0.29, 0.717) is 18.6 Å². The first kappa shape index (κ1) is 20.6. The molecule has 2 aromatic heterocycles. The van der Waals surface area contributed by atoms with E-state index < -0.39 is 5.60 Å². The molecule has 1 N–H and O–H groups in total. The lowest BCUT2D eigenvalue weighted by atomic mass is 9.89. The summed E-state index contributed by atoms with van der Waals surface area (Å²) in [6, 6.07) is 7.77. The highest BCUT2D eigenvalue weighted by Crippen LogP contribution is 2.45. The lowest BCUT2D eigenvalue weighted by molar-refractivity contribution is -0.00210. The highest BCUT2D eigenvalue weighted by molar-refractivity contribution is 8.01. The number of carbonyl (C=O) groups excluding carboxylic acids is 1. The van der Waals surface area contributed by atoms with Gasteiger partial charge in [-0.1, -0.05) is 24.3 Å². The molecule has 0 saturated carbocycles. The van der Waals surface area contributed by atoms with Crippen LogP contribution >= 0.6 is 11.8 Å². The van der Waals surface area contributed by atoms with Gasteiger partial charge in [-0.05, 0) is 50.5 Å². The molecule has 0 aliphatic carbocycles. The third kappa shape index (κ3) is 3.99. The van der Waals surface area contributed by atoms with Gasteiger partial charge in [-0.2, -0.15) is 0 Å².